The molecule has 0 bridgehead atoms. The van der Waals surface area contributed by atoms with Gasteiger partial charge in [-0.25, -0.2) is 0 Å². The molecule has 1 aromatic carbocycles. The predicted octanol–water partition coefficient (Wildman–Crippen LogP) is 2.89. The summed E-state index contributed by atoms with van der Waals surface area (Å²) in [5.41, 5.74) is 7.60. The lowest BCUT2D eigenvalue weighted by Crippen LogP contribution is -2.20. The van der Waals surface area contributed by atoms with Crippen LogP contribution in [-0.4, -0.2) is 25.4 Å². The fourth-order valence-corrected chi connectivity index (χ4v) is 1.65. The van der Waals surface area contributed by atoms with Crippen LogP contribution in [0.25, 0.3) is 0 Å². The fraction of sp³-hybridized carbons (Fsp3) is 0.571. The van der Waals surface area contributed by atoms with Gasteiger partial charge in [-0.2, -0.15) is 0 Å². The highest BCUT2D eigenvalue weighted by Crippen LogP contribution is 2.30. The Labute approximate surface area is 109 Å². The van der Waals surface area contributed by atoms with E-state index in [-0.39, 0.29) is 12.2 Å². The van der Waals surface area contributed by atoms with Crippen molar-refractivity contribution in [3.8, 4) is 5.75 Å². The Bertz CT molecular complexity index is 367. The number of rotatable bonds is 7. The topological polar surface area (TPSA) is 56.5 Å². The SMILES string of the molecule is CCOC(C)CNc1cccc(OC(C)C)c1N. The van der Waals surface area contributed by atoms with E-state index in [1.807, 2.05) is 45.9 Å². The Hall–Kier alpha value is -1.42. The van der Waals surface area contributed by atoms with Crippen LogP contribution in [0, 0.1) is 0 Å². The van der Waals surface area contributed by atoms with E-state index in [1.54, 1.807) is 0 Å². The summed E-state index contributed by atoms with van der Waals surface area (Å²) >= 11 is 0. The maximum atomic E-state index is 6.06. The molecule has 4 nitrogen and oxygen atoms in total. The molecule has 4 heteroatoms. The largest absolute Gasteiger partial charge is 0.489 e. The molecule has 102 valence electrons. The molecule has 0 aromatic heterocycles. The van der Waals surface area contributed by atoms with Gasteiger partial charge >= 0.3 is 0 Å². The fourth-order valence-electron chi connectivity index (χ4n) is 1.65. The van der Waals surface area contributed by atoms with Crippen molar-refractivity contribution in [1.82, 2.24) is 0 Å². The van der Waals surface area contributed by atoms with E-state index in [0.29, 0.717) is 5.69 Å². The van der Waals surface area contributed by atoms with Crippen molar-refractivity contribution in [3.63, 3.8) is 0 Å². The standard InChI is InChI=1S/C14H24N2O2/c1-5-17-11(4)9-16-12-7-6-8-13(14(12)15)18-10(2)3/h6-8,10-11,16H,5,9,15H2,1-4H3. The predicted molar refractivity (Wildman–Crippen MR) is 76.2 cm³/mol. The first-order valence-corrected chi connectivity index (χ1v) is 6.45. The van der Waals surface area contributed by atoms with E-state index in [1.165, 1.54) is 0 Å². The minimum absolute atomic E-state index is 0.116. The minimum Gasteiger partial charge on any atom is -0.489 e. The Morgan fingerprint density at radius 1 is 1.28 bits per heavy atom. The molecule has 0 spiro atoms. The average Bonchev–Trinajstić information content (AvgIpc) is 2.30. The first-order valence-electron chi connectivity index (χ1n) is 6.45. The summed E-state index contributed by atoms with van der Waals surface area (Å²) in [6.45, 7) is 9.43. The number of para-hydroxylation sites is 1. The molecule has 0 saturated heterocycles. The summed E-state index contributed by atoms with van der Waals surface area (Å²) in [7, 11) is 0. The highest BCUT2D eigenvalue weighted by molar-refractivity contribution is 5.72. The highest BCUT2D eigenvalue weighted by atomic mass is 16.5. The Morgan fingerprint density at radius 3 is 2.61 bits per heavy atom. The minimum atomic E-state index is 0.116. The van der Waals surface area contributed by atoms with Gasteiger partial charge < -0.3 is 20.5 Å². The molecule has 1 unspecified atom stereocenters. The molecule has 18 heavy (non-hydrogen) atoms. The molecule has 0 saturated carbocycles. The summed E-state index contributed by atoms with van der Waals surface area (Å²) in [5, 5.41) is 3.28. The van der Waals surface area contributed by atoms with Gasteiger partial charge in [0.05, 0.1) is 23.6 Å². The molecule has 0 amide bonds. The first-order chi connectivity index (χ1) is 8.54. The summed E-state index contributed by atoms with van der Waals surface area (Å²) < 4.78 is 11.1. The maximum Gasteiger partial charge on any atom is 0.144 e. The lowest BCUT2D eigenvalue weighted by atomic mass is 10.2. The van der Waals surface area contributed by atoms with Crippen molar-refractivity contribution in [3.05, 3.63) is 18.2 Å². The van der Waals surface area contributed by atoms with Crippen molar-refractivity contribution in [2.45, 2.75) is 39.9 Å². The lowest BCUT2D eigenvalue weighted by Gasteiger charge is -2.17. The van der Waals surface area contributed by atoms with E-state index in [9.17, 15) is 0 Å². The molecule has 3 N–H and O–H groups in total. The zero-order chi connectivity index (χ0) is 13.5. The molecule has 0 aliphatic heterocycles. The number of benzene rings is 1. The van der Waals surface area contributed by atoms with Crippen molar-refractivity contribution in [2.75, 3.05) is 24.2 Å². The second-order valence-electron chi connectivity index (χ2n) is 4.53. The Kier molecular flexibility index (Phi) is 5.78. The summed E-state index contributed by atoms with van der Waals surface area (Å²) in [4.78, 5) is 0. The lowest BCUT2D eigenvalue weighted by molar-refractivity contribution is 0.0855. The Balaban J connectivity index is 2.65. The molecule has 1 rings (SSSR count). The molecule has 0 aliphatic rings. The number of anilines is 2. The summed E-state index contributed by atoms with van der Waals surface area (Å²) in [5.74, 6) is 0.721. The normalized spacial score (nSPS) is 12.5. The number of nitrogens with one attached hydrogen (secondary N) is 1. The quantitative estimate of drug-likeness (QED) is 0.733. The van der Waals surface area contributed by atoms with Gasteiger partial charge in [0.1, 0.15) is 5.75 Å². The third-order valence-corrected chi connectivity index (χ3v) is 2.46. The van der Waals surface area contributed by atoms with Crippen molar-refractivity contribution in [2.24, 2.45) is 0 Å². The second kappa shape index (κ2) is 7.11. The van der Waals surface area contributed by atoms with Crippen LogP contribution in [0.3, 0.4) is 0 Å². The van der Waals surface area contributed by atoms with E-state index in [2.05, 4.69) is 5.32 Å². The molecule has 0 fully saturated rings. The number of nitrogen functional groups attached to an aromatic ring is 1. The molecule has 0 aliphatic carbocycles. The van der Waals surface area contributed by atoms with Crippen LogP contribution in [-0.2, 0) is 4.74 Å². The maximum absolute atomic E-state index is 6.06. The van der Waals surface area contributed by atoms with Gasteiger partial charge in [-0.15, -0.1) is 0 Å². The van der Waals surface area contributed by atoms with Crippen LogP contribution in [0.4, 0.5) is 11.4 Å². The number of ether oxygens (including phenoxy) is 2. The number of hydrogen-bond acceptors (Lipinski definition) is 4. The van der Waals surface area contributed by atoms with Crippen LogP contribution >= 0.6 is 0 Å². The first kappa shape index (κ1) is 14.6. The second-order valence-corrected chi connectivity index (χ2v) is 4.53. The van der Waals surface area contributed by atoms with Crippen LogP contribution < -0.4 is 15.8 Å². The average molecular weight is 252 g/mol. The van der Waals surface area contributed by atoms with E-state index >= 15 is 0 Å². The van der Waals surface area contributed by atoms with Crippen molar-refractivity contribution in [1.29, 1.82) is 0 Å². The van der Waals surface area contributed by atoms with Crippen molar-refractivity contribution < 1.29 is 9.47 Å². The molecule has 1 atom stereocenters. The van der Waals surface area contributed by atoms with Gasteiger partial charge in [0.25, 0.3) is 0 Å². The summed E-state index contributed by atoms with van der Waals surface area (Å²) in [6, 6.07) is 5.76. The van der Waals surface area contributed by atoms with Crippen LogP contribution in [0.1, 0.15) is 27.7 Å². The van der Waals surface area contributed by atoms with Crippen LogP contribution in [0.5, 0.6) is 5.75 Å². The number of nitrogens with two attached hydrogens (primary N) is 1. The zero-order valence-electron chi connectivity index (χ0n) is 11.7. The summed E-state index contributed by atoms with van der Waals surface area (Å²) in [6.07, 6.45) is 0.272. The van der Waals surface area contributed by atoms with Gasteiger partial charge in [-0.05, 0) is 39.8 Å². The van der Waals surface area contributed by atoms with E-state index < -0.39 is 0 Å². The van der Waals surface area contributed by atoms with Crippen molar-refractivity contribution >= 4 is 11.4 Å². The van der Waals surface area contributed by atoms with Crippen LogP contribution in [0.15, 0.2) is 18.2 Å². The van der Waals surface area contributed by atoms with Gasteiger partial charge in [0.2, 0.25) is 0 Å². The van der Waals surface area contributed by atoms with E-state index in [4.69, 9.17) is 15.2 Å². The molecule has 0 radical (unpaired) electrons. The van der Waals surface area contributed by atoms with E-state index in [0.717, 1.165) is 24.6 Å². The monoisotopic (exact) mass is 252 g/mol. The molecule has 0 heterocycles. The third kappa shape index (κ3) is 4.45. The van der Waals surface area contributed by atoms with Crippen LogP contribution in [0.2, 0.25) is 0 Å². The molecular weight excluding hydrogens is 228 g/mol. The Morgan fingerprint density at radius 2 is 2.00 bits per heavy atom. The molecule has 1 aromatic rings. The van der Waals surface area contributed by atoms with Gasteiger partial charge in [0, 0.05) is 13.2 Å². The highest BCUT2D eigenvalue weighted by Gasteiger charge is 2.08. The van der Waals surface area contributed by atoms with Gasteiger partial charge in [0.15, 0.2) is 0 Å². The third-order valence-electron chi connectivity index (χ3n) is 2.46. The zero-order valence-corrected chi connectivity index (χ0v) is 11.7. The number of hydrogen-bond donors (Lipinski definition) is 2. The smallest absolute Gasteiger partial charge is 0.144 e. The van der Waals surface area contributed by atoms with Gasteiger partial charge in [-0.3, -0.25) is 0 Å². The molecular formula is C14H24N2O2. The van der Waals surface area contributed by atoms with Gasteiger partial charge in [-0.1, -0.05) is 6.07 Å².